The van der Waals surface area contributed by atoms with E-state index in [1.54, 1.807) is 6.92 Å². The van der Waals surface area contributed by atoms with E-state index in [1.165, 1.54) is 19.2 Å². The van der Waals surface area contributed by atoms with Gasteiger partial charge in [0.05, 0.1) is 7.11 Å². The number of hydrogen-bond donors (Lipinski definition) is 1. The molecule has 0 saturated heterocycles. The van der Waals surface area contributed by atoms with E-state index in [4.69, 9.17) is 9.84 Å². The lowest BCUT2D eigenvalue weighted by Gasteiger charge is -2.19. The van der Waals surface area contributed by atoms with Crippen LogP contribution in [0, 0.1) is 0 Å². The molecule has 0 saturated carbocycles. The molecular formula is C13H15F2NO5. The van der Waals surface area contributed by atoms with Gasteiger partial charge in [0, 0.05) is 12.1 Å². The average molecular weight is 303 g/mol. The van der Waals surface area contributed by atoms with Gasteiger partial charge in [0.25, 0.3) is 5.91 Å². The Hall–Kier alpha value is -2.38. The van der Waals surface area contributed by atoms with Crippen molar-refractivity contribution in [3.63, 3.8) is 0 Å². The predicted molar refractivity (Wildman–Crippen MR) is 68.8 cm³/mol. The van der Waals surface area contributed by atoms with Gasteiger partial charge in [-0.2, -0.15) is 8.78 Å². The number of aliphatic carboxylic acids is 1. The largest absolute Gasteiger partial charge is 0.493 e. The van der Waals surface area contributed by atoms with Gasteiger partial charge in [-0.3, -0.25) is 9.59 Å². The van der Waals surface area contributed by atoms with Crippen LogP contribution in [0.25, 0.3) is 0 Å². The highest BCUT2D eigenvalue weighted by Gasteiger charge is 2.19. The van der Waals surface area contributed by atoms with Crippen molar-refractivity contribution >= 4 is 11.9 Å². The summed E-state index contributed by atoms with van der Waals surface area (Å²) in [6, 6.07) is 3.75. The zero-order valence-corrected chi connectivity index (χ0v) is 11.5. The van der Waals surface area contributed by atoms with Gasteiger partial charge in [0.2, 0.25) is 0 Å². The SMILES string of the molecule is CCN(CC(=O)O)C(=O)c1ccc(OC)c(OC(F)F)c1. The lowest BCUT2D eigenvalue weighted by atomic mass is 10.1. The molecule has 0 fully saturated rings. The van der Waals surface area contributed by atoms with E-state index in [0.29, 0.717) is 0 Å². The second kappa shape index (κ2) is 7.41. The molecule has 8 heteroatoms. The van der Waals surface area contributed by atoms with Crippen molar-refractivity contribution in [2.75, 3.05) is 20.2 Å². The molecule has 1 amide bonds. The standard InChI is InChI=1S/C13H15F2NO5/c1-3-16(7-11(17)18)12(19)8-4-5-9(20-2)10(6-8)21-13(14)15/h4-6,13H,3,7H2,1-2H3,(H,17,18). The number of carbonyl (C=O) groups excluding carboxylic acids is 1. The Bertz CT molecular complexity index is 521. The van der Waals surface area contributed by atoms with Crippen molar-refractivity contribution in [1.82, 2.24) is 4.90 Å². The third-order valence-corrected chi connectivity index (χ3v) is 2.62. The average Bonchev–Trinajstić information content (AvgIpc) is 2.43. The van der Waals surface area contributed by atoms with E-state index >= 15 is 0 Å². The van der Waals surface area contributed by atoms with Gasteiger partial charge < -0.3 is 19.5 Å². The Kier molecular flexibility index (Phi) is 5.89. The van der Waals surface area contributed by atoms with E-state index in [1.807, 2.05) is 0 Å². The molecule has 0 bridgehead atoms. The number of ether oxygens (including phenoxy) is 2. The van der Waals surface area contributed by atoms with Crippen LogP contribution in [0.4, 0.5) is 8.78 Å². The number of alkyl halides is 2. The fourth-order valence-corrected chi connectivity index (χ4v) is 1.67. The van der Waals surface area contributed by atoms with E-state index in [2.05, 4.69) is 4.74 Å². The lowest BCUT2D eigenvalue weighted by molar-refractivity contribution is -0.137. The third kappa shape index (κ3) is 4.59. The Balaban J connectivity index is 3.06. The molecular weight excluding hydrogens is 288 g/mol. The normalized spacial score (nSPS) is 10.3. The number of amides is 1. The molecule has 0 radical (unpaired) electrons. The van der Waals surface area contributed by atoms with Crippen LogP contribution < -0.4 is 9.47 Å². The summed E-state index contributed by atoms with van der Waals surface area (Å²) in [5.41, 5.74) is 0.0366. The quantitative estimate of drug-likeness (QED) is 0.832. The monoisotopic (exact) mass is 303 g/mol. The fraction of sp³-hybridized carbons (Fsp3) is 0.385. The maximum atomic E-state index is 12.3. The second-order valence-electron chi connectivity index (χ2n) is 3.96. The number of carboxylic acids is 1. The molecule has 6 nitrogen and oxygen atoms in total. The predicted octanol–water partition coefficient (Wildman–Crippen LogP) is 1.84. The second-order valence-corrected chi connectivity index (χ2v) is 3.96. The van der Waals surface area contributed by atoms with Gasteiger partial charge in [0.1, 0.15) is 6.54 Å². The molecule has 21 heavy (non-hydrogen) atoms. The van der Waals surface area contributed by atoms with Crippen LogP contribution in [0.15, 0.2) is 18.2 Å². The van der Waals surface area contributed by atoms with Crippen LogP contribution in [0.1, 0.15) is 17.3 Å². The topological polar surface area (TPSA) is 76.1 Å². The molecule has 0 spiro atoms. The minimum absolute atomic E-state index is 0.0366. The first-order valence-electron chi connectivity index (χ1n) is 6.03. The Labute approximate surface area is 119 Å². The van der Waals surface area contributed by atoms with E-state index < -0.39 is 25.0 Å². The Morgan fingerprint density at radius 2 is 2.00 bits per heavy atom. The summed E-state index contributed by atoms with van der Waals surface area (Å²) in [5, 5.41) is 8.73. The van der Waals surface area contributed by atoms with Crippen LogP contribution in [-0.4, -0.2) is 48.7 Å². The van der Waals surface area contributed by atoms with Crippen LogP contribution in [0.2, 0.25) is 0 Å². The first-order valence-corrected chi connectivity index (χ1v) is 6.03. The molecule has 0 aliphatic heterocycles. The summed E-state index contributed by atoms with van der Waals surface area (Å²) in [4.78, 5) is 23.9. The maximum absolute atomic E-state index is 12.3. The van der Waals surface area contributed by atoms with Gasteiger partial charge in [-0.25, -0.2) is 0 Å². The molecule has 1 N–H and O–H groups in total. The van der Waals surface area contributed by atoms with Crippen LogP contribution >= 0.6 is 0 Å². The molecule has 0 aromatic heterocycles. The van der Waals surface area contributed by atoms with Gasteiger partial charge in [-0.15, -0.1) is 0 Å². The zero-order chi connectivity index (χ0) is 16.0. The number of methoxy groups -OCH3 is 1. The molecule has 0 aliphatic carbocycles. The molecule has 0 atom stereocenters. The highest BCUT2D eigenvalue weighted by atomic mass is 19.3. The van der Waals surface area contributed by atoms with E-state index in [9.17, 15) is 18.4 Å². The van der Waals surface area contributed by atoms with Crippen molar-refractivity contribution in [2.24, 2.45) is 0 Å². The van der Waals surface area contributed by atoms with Crippen molar-refractivity contribution in [3.05, 3.63) is 23.8 Å². The summed E-state index contributed by atoms with van der Waals surface area (Å²) < 4.78 is 33.8. The number of carbonyl (C=O) groups is 2. The van der Waals surface area contributed by atoms with Crippen molar-refractivity contribution < 1.29 is 33.0 Å². The Morgan fingerprint density at radius 1 is 1.33 bits per heavy atom. The van der Waals surface area contributed by atoms with Gasteiger partial charge in [-0.1, -0.05) is 0 Å². The minimum atomic E-state index is -3.06. The van der Waals surface area contributed by atoms with Gasteiger partial charge in [0.15, 0.2) is 11.5 Å². The van der Waals surface area contributed by atoms with Crippen LogP contribution in [-0.2, 0) is 4.79 Å². The summed E-state index contributed by atoms with van der Waals surface area (Å²) in [6.45, 7) is -1.76. The Morgan fingerprint density at radius 3 is 2.48 bits per heavy atom. The molecule has 0 heterocycles. The molecule has 116 valence electrons. The number of carboxylic acid groups (broad SMARTS) is 1. The number of benzene rings is 1. The smallest absolute Gasteiger partial charge is 0.387 e. The van der Waals surface area contributed by atoms with Crippen molar-refractivity contribution in [3.8, 4) is 11.5 Å². The highest BCUT2D eigenvalue weighted by Crippen LogP contribution is 2.29. The summed E-state index contributed by atoms with van der Waals surface area (Å²) >= 11 is 0. The van der Waals surface area contributed by atoms with E-state index in [0.717, 1.165) is 11.0 Å². The summed E-state index contributed by atoms with van der Waals surface area (Å²) in [5.74, 6) is -2.00. The summed E-state index contributed by atoms with van der Waals surface area (Å²) in [7, 11) is 1.28. The number of hydrogen-bond acceptors (Lipinski definition) is 4. The fourth-order valence-electron chi connectivity index (χ4n) is 1.67. The minimum Gasteiger partial charge on any atom is -0.493 e. The zero-order valence-electron chi connectivity index (χ0n) is 11.5. The van der Waals surface area contributed by atoms with Crippen molar-refractivity contribution in [1.29, 1.82) is 0 Å². The highest BCUT2D eigenvalue weighted by molar-refractivity contribution is 5.96. The van der Waals surface area contributed by atoms with Gasteiger partial charge >= 0.3 is 12.6 Å². The number of likely N-dealkylation sites (N-methyl/N-ethyl adjacent to an activating group) is 1. The molecule has 1 rings (SSSR count). The molecule has 1 aromatic rings. The summed E-state index contributed by atoms with van der Waals surface area (Å²) in [6.07, 6.45) is 0. The van der Waals surface area contributed by atoms with Gasteiger partial charge in [-0.05, 0) is 25.1 Å². The molecule has 0 aliphatic rings. The van der Waals surface area contributed by atoms with E-state index in [-0.39, 0.29) is 23.6 Å². The third-order valence-electron chi connectivity index (χ3n) is 2.62. The molecule has 0 unspecified atom stereocenters. The first kappa shape index (κ1) is 16.7. The van der Waals surface area contributed by atoms with Crippen LogP contribution in [0.5, 0.6) is 11.5 Å². The lowest BCUT2D eigenvalue weighted by Crippen LogP contribution is -2.35. The number of nitrogens with zero attached hydrogens (tertiary/aromatic N) is 1. The molecule has 1 aromatic carbocycles. The number of rotatable bonds is 7. The first-order chi connectivity index (χ1) is 9.88. The van der Waals surface area contributed by atoms with Crippen LogP contribution in [0.3, 0.4) is 0 Å². The number of halogens is 2. The van der Waals surface area contributed by atoms with Crippen molar-refractivity contribution in [2.45, 2.75) is 13.5 Å². The maximum Gasteiger partial charge on any atom is 0.387 e.